The van der Waals surface area contributed by atoms with E-state index in [1.165, 1.54) is 26.3 Å². The molecule has 0 fully saturated rings. The molecule has 0 spiro atoms. The van der Waals surface area contributed by atoms with Crippen LogP contribution in [0.4, 0.5) is 0 Å². The SMILES string of the molecule is CNS(=O)(=O)c1cc(C(=O)OC)ccc1C(=O)OC. The second-order valence-electron chi connectivity index (χ2n) is 3.40. The first-order chi connectivity index (χ1) is 8.87. The van der Waals surface area contributed by atoms with Gasteiger partial charge in [-0.3, -0.25) is 0 Å². The molecule has 19 heavy (non-hydrogen) atoms. The molecule has 1 aromatic carbocycles. The van der Waals surface area contributed by atoms with Crippen molar-refractivity contribution in [2.45, 2.75) is 4.90 Å². The van der Waals surface area contributed by atoms with Gasteiger partial charge in [0.15, 0.2) is 0 Å². The van der Waals surface area contributed by atoms with Crippen molar-refractivity contribution in [1.29, 1.82) is 0 Å². The Morgan fingerprint density at radius 3 is 2.16 bits per heavy atom. The fourth-order valence-corrected chi connectivity index (χ4v) is 2.32. The van der Waals surface area contributed by atoms with Crippen molar-refractivity contribution in [3.05, 3.63) is 29.3 Å². The molecule has 0 radical (unpaired) electrons. The summed E-state index contributed by atoms with van der Waals surface area (Å²) in [6.07, 6.45) is 0. The lowest BCUT2D eigenvalue weighted by Gasteiger charge is -2.09. The molecular formula is C11H13NO6S. The Kier molecular flexibility index (Phi) is 4.62. The number of nitrogens with one attached hydrogen (secondary N) is 1. The van der Waals surface area contributed by atoms with Crippen molar-refractivity contribution in [2.75, 3.05) is 21.3 Å². The second kappa shape index (κ2) is 5.81. The molecule has 1 N–H and O–H groups in total. The third-order valence-electron chi connectivity index (χ3n) is 2.37. The predicted octanol–water partition coefficient (Wildman–Crippen LogP) is 0.168. The summed E-state index contributed by atoms with van der Waals surface area (Å²) in [4.78, 5) is 22.6. The molecule has 0 aromatic heterocycles. The topological polar surface area (TPSA) is 98.8 Å². The Balaban J connectivity index is 3.52. The minimum absolute atomic E-state index is 0.0176. The number of hydrogen-bond acceptors (Lipinski definition) is 6. The minimum atomic E-state index is -3.91. The molecule has 0 unspecified atom stereocenters. The summed E-state index contributed by atoms with van der Waals surface area (Å²) >= 11 is 0. The van der Waals surface area contributed by atoms with Crippen LogP contribution >= 0.6 is 0 Å². The van der Waals surface area contributed by atoms with E-state index >= 15 is 0 Å². The average molecular weight is 287 g/mol. The first-order valence-corrected chi connectivity index (χ1v) is 6.60. The van der Waals surface area contributed by atoms with Crippen molar-refractivity contribution in [2.24, 2.45) is 0 Å². The van der Waals surface area contributed by atoms with Gasteiger partial charge in [0.1, 0.15) is 0 Å². The van der Waals surface area contributed by atoms with E-state index in [1.54, 1.807) is 0 Å². The molecule has 8 heteroatoms. The largest absolute Gasteiger partial charge is 0.465 e. The monoisotopic (exact) mass is 287 g/mol. The maximum Gasteiger partial charge on any atom is 0.339 e. The van der Waals surface area contributed by atoms with Crippen LogP contribution in [0.1, 0.15) is 20.7 Å². The quantitative estimate of drug-likeness (QED) is 0.792. The van der Waals surface area contributed by atoms with Crippen LogP contribution in [0.5, 0.6) is 0 Å². The van der Waals surface area contributed by atoms with Gasteiger partial charge in [-0.25, -0.2) is 22.7 Å². The number of esters is 2. The molecule has 0 atom stereocenters. The number of hydrogen-bond donors (Lipinski definition) is 1. The van der Waals surface area contributed by atoms with Crippen LogP contribution in [0.25, 0.3) is 0 Å². The van der Waals surface area contributed by atoms with E-state index in [2.05, 4.69) is 14.2 Å². The van der Waals surface area contributed by atoms with Crippen LogP contribution in [0, 0.1) is 0 Å². The molecule has 1 aromatic rings. The lowest BCUT2D eigenvalue weighted by atomic mass is 10.1. The van der Waals surface area contributed by atoms with Crippen LogP contribution in [0.2, 0.25) is 0 Å². The standard InChI is InChI=1S/C11H13NO6S/c1-12-19(15,16)9-6-7(10(13)17-2)4-5-8(9)11(14)18-3/h4-6,12H,1-3H3. The Labute approximate surface area is 110 Å². The Bertz CT molecular complexity index is 608. The summed E-state index contributed by atoms with van der Waals surface area (Å²) in [5.41, 5.74) is -0.145. The van der Waals surface area contributed by atoms with E-state index in [0.717, 1.165) is 13.2 Å². The fraction of sp³-hybridized carbons (Fsp3) is 0.273. The van der Waals surface area contributed by atoms with E-state index < -0.39 is 22.0 Å². The van der Waals surface area contributed by atoms with E-state index in [9.17, 15) is 18.0 Å². The molecule has 0 aliphatic heterocycles. The number of benzene rings is 1. The van der Waals surface area contributed by atoms with Crippen molar-refractivity contribution < 1.29 is 27.5 Å². The van der Waals surface area contributed by atoms with Gasteiger partial charge in [0.05, 0.1) is 30.2 Å². The number of sulfonamides is 1. The zero-order chi connectivity index (χ0) is 14.6. The zero-order valence-corrected chi connectivity index (χ0v) is 11.4. The van der Waals surface area contributed by atoms with Crippen molar-refractivity contribution in [3.8, 4) is 0 Å². The summed E-state index contributed by atoms with van der Waals surface area (Å²) in [6, 6.07) is 3.54. The highest BCUT2D eigenvalue weighted by atomic mass is 32.2. The molecule has 0 aliphatic rings. The van der Waals surface area contributed by atoms with Crippen LogP contribution in [0.3, 0.4) is 0 Å². The highest BCUT2D eigenvalue weighted by molar-refractivity contribution is 7.89. The van der Waals surface area contributed by atoms with E-state index in [0.29, 0.717) is 0 Å². The van der Waals surface area contributed by atoms with Gasteiger partial charge in [-0.15, -0.1) is 0 Å². The van der Waals surface area contributed by atoms with Gasteiger partial charge >= 0.3 is 11.9 Å². The molecular weight excluding hydrogens is 274 g/mol. The molecule has 0 bridgehead atoms. The zero-order valence-electron chi connectivity index (χ0n) is 10.6. The van der Waals surface area contributed by atoms with Gasteiger partial charge in [-0.2, -0.15) is 0 Å². The van der Waals surface area contributed by atoms with E-state index in [4.69, 9.17) is 0 Å². The molecule has 0 saturated carbocycles. The van der Waals surface area contributed by atoms with Gasteiger partial charge < -0.3 is 9.47 Å². The fourth-order valence-electron chi connectivity index (χ4n) is 1.38. The Morgan fingerprint density at radius 2 is 1.68 bits per heavy atom. The van der Waals surface area contributed by atoms with Gasteiger partial charge in [-0.1, -0.05) is 0 Å². The van der Waals surface area contributed by atoms with Crippen LogP contribution in [-0.4, -0.2) is 41.6 Å². The molecule has 0 aliphatic carbocycles. The highest BCUT2D eigenvalue weighted by Gasteiger charge is 2.23. The summed E-state index contributed by atoms with van der Waals surface area (Å²) in [7, 11) is -0.410. The minimum Gasteiger partial charge on any atom is -0.465 e. The third-order valence-corrected chi connectivity index (χ3v) is 3.82. The van der Waals surface area contributed by atoms with Gasteiger partial charge in [0, 0.05) is 0 Å². The first kappa shape index (κ1) is 15.1. The highest BCUT2D eigenvalue weighted by Crippen LogP contribution is 2.19. The Morgan fingerprint density at radius 1 is 1.11 bits per heavy atom. The summed E-state index contributed by atoms with van der Waals surface area (Å²) in [6.45, 7) is 0. The molecule has 1 rings (SSSR count). The van der Waals surface area contributed by atoms with E-state index in [-0.39, 0.29) is 16.0 Å². The molecule has 0 amide bonds. The lowest BCUT2D eigenvalue weighted by Crippen LogP contribution is -2.22. The number of methoxy groups -OCH3 is 2. The average Bonchev–Trinajstić information content (AvgIpc) is 2.44. The van der Waals surface area contributed by atoms with Gasteiger partial charge in [0.2, 0.25) is 10.0 Å². The predicted molar refractivity (Wildman–Crippen MR) is 65.4 cm³/mol. The lowest BCUT2D eigenvalue weighted by molar-refractivity contribution is 0.0583. The Hall–Kier alpha value is -1.93. The normalized spacial score (nSPS) is 10.9. The molecule has 0 heterocycles. The number of ether oxygens (including phenoxy) is 2. The van der Waals surface area contributed by atoms with E-state index in [1.807, 2.05) is 0 Å². The van der Waals surface area contributed by atoms with Crippen molar-refractivity contribution in [3.63, 3.8) is 0 Å². The smallest absolute Gasteiger partial charge is 0.339 e. The van der Waals surface area contributed by atoms with Crippen LogP contribution < -0.4 is 4.72 Å². The van der Waals surface area contributed by atoms with Crippen molar-refractivity contribution in [1.82, 2.24) is 4.72 Å². The first-order valence-electron chi connectivity index (χ1n) is 5.11. The molecule has 7 nitrogen and oxygen atoms in total. The summed E-state index contributed by atoms with van der Waals surface area (Å²) in [5, 5.41) is 0. The maximum absolute atomic E-state index is 11.8. The maximum atomic E-state index is 11.8. The van der Waals surface area contributed by atoms with Crippen molar-refractivity contribution >= 4 is 22.0 Å². The number of carbonyl (C=O) groups excluding carboxylic acids is 2. The molecule has 0 saturated heterocycles. The molecule has 104 valence electrons. The second-order valence-corrected chi connectivity index (χ2v) is 5.26. The summed E-state index contributed by atoms with van der Waals surface area (Å²) in [5.74, 6) is -1.52. The van der Waals surface area contributed by atoms with Crippen LogP contribution in [0.15, 0.2) is 23.1 Å². The van der Waals surface area contributed by atoms with Crippen LogP contribution in [-0.2, 0) is 19.5 Å². The third kappa shape index (κ3) is 3.09. The van der Waals surface area contributed by atoms with Gasteiger partial charge in [-0.05, 0) is 25.2 Å². The van der Waals surface area contributed by atoms with Gasteiger partial charge in [0.25, 0.3) is 0 Å². The number of rotatable bonds is 4. The summed E-state index contributed by atoms with van der Waals surface area (Å²) < 4.78 is 34.7. The number of carbonyl (C=O) groups is 2.